The van der Waals surface area contributed by atoms with Crippen molar-refractivity contribution in [1.82, 2.24) is 15.0 Å². The van der Waals surface area contributed by atoms with E-state index in [0.717, 1.165) is 11.6 Å². The van der Waals surface area contributed by atoms with Crippen LogP contribution in [0.15, 0.2) is 27.0 Å². The van der Waals surface area contributed by atoms with Crippen LogP contribution in [0.2, 0.25) is 0 Å². The van der Waals surface area contributed by atoms with E-state index < -0.39 is 10.0 Å². The molecule has 2 heterocycles. The molecule has 0 atom stereocenters. The van der Waals surface area contributed by atoms with Gasteiger partial charge in [0.15, 0.2) is 0 Å². The summed E-state index contributed by atoms with van der Waals surface area (Å²) in [6.45, 7) is 5.28. The maximum absolute atomic E-state index is 12.3. The highest BCUT2D eigenvalue weighted by Crippen LogP contribution is 2.19. The Balaban J connectivity index is 1.99. The minimum atomic E-state index is -3.54. The summed E-state index contributed by atoms with van der Waals surface area (Å²) >= 11 is 1.51. The fourth-order valence-corrected chi connectivity index (χ4v) is 3.73. The van der Waals surface area contributed by atoms with E-state index in [4.69, 9.17) is 4.42 Å². The van der Waals surface area contributed by atoms with Crippen molar-refractivity contribution in [2.75, 3.05) is 13.1 Å². The average molecular weight is 329 g/mol. The fourth-order valence-electron chi connectivity index (χ4n) is 1.87. The van der Waals surface area contributed by atoms with Gasteiger partial charge in [-0.3, -0.25) is 0 Å². The molecule has 0 saturated carbocycles. The Labute approximate surface area is 128 Å². The predicted octanol–water partition coefficient (Wildman–Crippen LogP) is 1.68. The highest BCUT2D eigenvalue weighted by molar-refractivity contribution is 7.89. The summed E-state index contributed by atoms with van der Waals surface area (Å²) in [6.07, 6.45) is 2.29. The highest BCUT2D eigenvalue weighted by atomic mass is 32.2. The van der Waals surface area contributed by atoms with Gasteiger partial charge in [0, 0.05) is 30.6 Å². The second kappa shape index (κ2) is 7.17. The van der Waals surface area contributed by atoms with Crippen LogP contribution in [0.5, 0.6) is 0 Å². The molecular weight excluding hydrogens is 310 g/mol. The Kier molecular flexibility index (Phi) is 5.51. The molecule has 0 amide bonds. The zero-order valence-electron chi connectivity index (χ0n) is 12.0. The van der Waals surface area contributed by atoms with Crippen molar-refractivity contribution in [2.24, 2.45) is 0 Å². The number of aryl methyl sites for hydroxylation is 1. The lowest BCUT2D eigenvalue weighted by Gasteiger charge is -2.04. The topological polar surface area (TPSA) is 84.2 Å². The standard InChI is InChI=1S/C13H19N3O3S2/c1-3-14-9-11-8-12(10(2)19-11)21(17,18)16-5-4-13-15-6-7-20-13/h6-8,14,16H,3-5,9H2,1-2H3. The third-order valence-corrected chi connectivity index (χ3v) is 5.28. The molecule has 2 aromatic rings. The second-order valence-corrected chi connectivity index (χ2v) is 7.20. The monoisotopic (exact) mass is 329 g/mol. The maximum atomic E-state index is 12.3. The summed E-state index contributed by atoms with van der Waals surface area (Å²) < 4.78 is 32.6. The van der Waals surface area contributed by atoms with Crippen molar-refractivity contribution in [1.29, 1.82) is 0 Å². The second-order valence-electron chi connectivity index (χ2n) is 4.49. The van der Waals surface area contributed by atoms with Crippen molar-refractivity contribution in [3.05, 3.63) is 34.2 Å². The van der Waals surface area contributed by atoms with E-state index in [1.54, 1.807) is 19.2 Å². The molecule has 0 aromatic carbocycles. The number of nitrogens with zero attached hydrogens (tertiary/aromatic N) is 1. The normalized spacial score (nSPS) is 11.9. The van der Waals surface area contributed by atoms with E-state index in [9.17, 15) is 8.42 Å². The van der Waals surface area contributed by atoms with Gasteiger partial charge in [-0.1, -0.05) is 6.92 Å². The molecule has 2 N–H and O–H groups in total. The summed E-state index contributed by atoms with van der Waals surface area (Å²) in [4.78, 5) is 4.32. The molecule has 0 aliphatic carbocycles. The minimum absolute atomic E-state index is 0.203. The molecular formula is C13H19N3O3S2. The molecule has 0 aliphatic rings. The minimum Gasteiger partial charge on any atom is -0.464 e. The zero-order valence-corrected chi connectivity index (χ0v) is 13.7. The zero-order chi connectivity index (χ0) is 15.3. The van der Waals surface area contributed by atoms with Crippen molar-refractivity contribution in [3.8, 4) is 0 Å². The molecule has 2 rings (SSSR count). The summed E-state index contributed by atoms with van der Waals surface area (Å²) in [5, 5.41) is 5.89. The smallest absolute Gasteiger partial charge is 0.244 e. The number of sulfonamides is 1. The lowest BCUT2D eigenvalue weighted by molar-refractivity contribution is 0.460. The fraction of sp³-hybridized carbons (Fsp3) is 0.462. The van der Waals surface area contributed by atoms with Gasteiger partial charge in [0.2, 0.25) is 10.0 Å². The molecule has 0 unspecified atom stereocenters. The van der Waals surface area contributed by atoms with Crippen molar-refractivity contribution < 1.29 is 12.8 Å². The molecule has 0 bridgehead atoms. The Morgan fingerprint density at radius 1 is 1.43 bits per heavy atom. The lowest BCUT2D eigenvalue weighted by Crippen LogP contribution is -2.26. The van der Waals surface area contributed by atoms with E-state index in [1.165, 1.54) is 11.3 Å². The summed E-state index contributed by atoms with van der Waals surface area (Å²) in [7, 11) is -3.54. The molecule has 8 heteroatoms. The largest absolute Gasteiger partial charge is 0.464 e. The number of hydrogen-bond acceptors (Lipinski definition) is 6. The van der Waals surface area contributed by atoms with Gasteiger partial charge < -0.3 is 9.73 Å². The first-order valence-corrected chi connectivity index (χ1v) is 9.07. The van der Waals surface area contributed by atoms with E-state index in [1.807, 2.05) is 12.3 Å². The van der Waals surface area contributed by atoms with Crippen LogP contribution in [0, 0.1) is 6.92 Å². The molecule has 2 aromatic heterocycles. The molecule has 0 spiro atoms. The van der Waals surface area contributed by atoms with Crippen LogP contribution in [0.25, 0.3) is 0 Å². The average Bonchev–Trinajstić information content (AvgIpc) is 3.06. The molecule has 0 radical (unpaired) electrons. The lowest BCUT2D eigenvalue weighted by atomic mass is 10.4. The van der Waals surface area contributed by atoms with Crippen LogP contribution in [0.4, 0.5) is 0 Å². The summed E-state index contributed by atoms with van der Waals surface area (Å²) in [6, 6.07) is 1.57. The molecule has 0 saturated heterocycles. The van der Waals surface area contributed by atoms with Crippen LogP contribution < -0.4 is 10.0 Å². The number of thiazole rings is 1. The van der Waals surface area contributed by atoms with Crippen LogP contribution in [-0.4, -0.2) is 26.5 Å². The number of hydrogen-bond donors (Lipinski definition) is 2. The van der Waals surface area contributed by atoms with Crippen molar-refractivity contribution in [2.45, 2.75) is 31.7 Å². The van der Waals surface area contributed by atoms with E-state index in [-0.39, 0.29) is 4.90 Å². The van der Waals surface area contributed by atoms with Gasteiger partial charge >= 0.3 is 0 Å². The highest BCUT2D eigenvalue weighted by Gasteiger charge is 2.20. The van der Waals surface area contributed by atoms with Crippen LogP contribution in [0.3, 0.4) is 0 Å². The molecule has 6 nitrogen and oxygen atoms in total. The Bertz CT molecular complexity index is 663. The quantitative estimate of drug-likeness (QED) is 0.770. The molecule has 0 fully saturated rings. The number of nitrogens with one attached hydrogen (secondary N) is 2. The van der Waals surface area contributed by atoms with E-state index >= 15 is 0 Å². The van der Waals surface area contributed by atoms with Gasteiger partial charge in [-0.2, -0.15) is 0 Å². The van der Waals surface area contributed by atoms with E-state index in [0.29, 0.717) is 31.0 Å². The first-order chi connectivity index (χ1) is 10.0. The summed E-state index contributed by atoms with van der Waals surface area (Å²) in [5.74, 6) is 1.03. The molecule has 116 valence electrons. The van der Waals surface area contributed by atoms with Gasteiger partial charge in [0.1, 0.15) is 16.4 Å². The van der Waals surface area contributed by atoms with E-state index in [2.05, 4.69) is 15.0 Å². The molecule has 0 aliphatic heterocycles. The van der Waals surface area contributed by atoms with Gasteiger partial charge in [0.25, 0.3) is 0 Å². The van der Waals surface area contributed by atoms with Gasteiger partial charge in [0.05, 0.1) is 11.6 Å². The van der Waals surface area contributed by atoms with Gasteiger partial charge in [-0.15, -0.1) is 11.3 Å². The van der Waals surface area contributed by atoms with Crippen molar-refractivity contribution in [3.63, 3.8) is 0 Å². The van der Waals surface area contributed by atoms with Crippen LogP contribution in [0.1, 0.15) is 23.5 Å². The predicted molar refractivity (Wildman–Crippen MR) is 81.8 cm³/mol. The number of rotatable bonds is 8. The SMILES string of the molecule is CCNCc1cc(S(=O)(=O)NCCc2nccs2)c(C)o1. The van der Waals surface area contributed by atoms with Gasteiger partial charge in [-0.05, 0) is 13.5 Å². The van der Waals surface area contributed by atoms with Crippen LogP contribution >= 0.6 is 11.3 Å². The Morgan fingerprint density at radius 2 is 2.24 bits per heavy atom. The number of furan rings is 1. The summed E-state index contributed by atoms with van der Waals surface area (Å²) in [5.41, 5.74) is 0. The molecule has 21 heavy (non-hydrogen) atoms. The maximum Gasteiger partial charge on any atom is 0.244 e. The van der Waals surface area contributed by atoms with Crippen molar-refractivity contribution >= 4 is 21.4 Å². The first kappa shape index (κ1) is 16.2. The Morgan fingerprint density at radius 3 is 2.90 bits per heavy atom. The number of aromatic nitrogens is 1. The third kappa shape index (κ3) is 4.37. The first-order valence-electron chi connectivity index (χ1n) is 6.71. The Hall–Kier alpha value is -1.22. The third-order valence-electron chi connectivity index (χ3n) is 2.88. The van der Waals surface area contributed by atoms with Crippen LogP contribution in [-0.2, 0) is 23.0 Å². The van der Waals surface area contributed by atoms with Gasteiger partial charge in [-0.25, -0.2) is 18.1 Å².